The quantitative estimate of drug-likeness (QED) is 0.754. The minimum Gasteiger partial charge on any atom is -0.393 e. The van der Waals surface area contributed by atoms with Crippen LogP contribution in [-0.2, 0) is 6.42 Å². The number of aliphatic hydroxyl groups is 1. The molecular formula is C20H29N5O2. The Morgan fingerprint density at radius 3 is 2.67 bits per heavy atom. The van der Waals surface area contributed by atoms with Gasteiger partial charge in [-0.25, -0.2) is 0 Å². The molecule has 3 heterocycles. The molecule has 2 fully saturated rings. The molecule has 1 aromatic heterocycles. The number of rotatable bonds is 4. The average molecular weight is 371 g/mol. The first-order valence-corrected chi connectivity index (χ1v) is 9.95. The van der Waals surface area contributed by atoms with Crippen LogP contribution in [0.4, 0.5) is 5.95 Å². The van der Waals surface area contributed by atoms with Crippen molar-refractivity contribution in [1.82, 2.24) is 20.4 Å². The zero-order chi connectivity index (χ0) is 18.8. The molecule has 4 atom stereocenters. The van der Waals surface area contributed by atoms with Crippen molar-refractivity contribution in [3.05, 3.63) is 41.3 Å². The van der Waals surface area contributed by atoms with E-state index in [9.17, 15) is 5.11 Å². The molecule has 2 aliphatic heterocycles. The van der Waals surface area contributed by atoms with Crippen LogP contribution in [-0.4, -0.2) is 52.1 Å². The highest BCUT2D eigenvalue weighted by atomic mass is 16.5. The Labute approximate surface area is 159 Å². The zero-order valence-corrected chi connectivity index (χ0v) is 15.8. The van der Waals surface area contributed by atoms with Gasteiger partial charge in [0.1, 0.15) is 0 Å². The first-order chi connectivity index (χ1) is 13.1. The fourth-order valence-electron chi connectivity index (χ4n) is 4.40. The maximum atomic E-state index is 10.1. The van der Waals surface area contributed by atoms with Crippen molar-refractivity contribution in [2.24, 2.45) is 0 Å². The molecule has 2 aliphatic rings. The number of nitrogen functional groups attached to an aromatic ring is 1. The molecule has 0 saturated carbocycles. The number of likely N-dealkylation sites (tertiary alicyclic amines) is 1. The van der Waals surface area contributed by atoms with Gasteiger partial charge in [0.25, 0.3) is 5.95 Å². The summed E-state index contributed by atoms with van der Waals surface area (Å²) >= 11 is 0. The monoisotopic (exact) mass is 371 g/mol. The maximum absolute atomic E-state index is 10.1. The van der Waals surface area contributed by atoms with Gasteiger partial charge in [-0.1, -0.05) is 31.2 Å². The molecule has 1 aromatic carbocycles. The van der Waals surface area contributed by atoms with Crippen molar-refractivity contribution < 1.29 is 9.63 Å². The van der Waals surface area contributed by atoms with E-state index in [-0.39, 0.29) is 24.1 Å². The summed E-state index contributed by atoms with van der Waals surface area (Å²) in [6, 6.07) is 8.93. The first-order valence-electron chi connectivity index (χ1n) is 9.95. The highest BCUT2D eigenvalue weighted by Gasteiger charge is 2.36. The standard InChI is InChI=1S/C20H29N5O2/c1-2-13-3-5-14(6-4-13)15-9-16(19-23-20(21)24-27-19)12-25(11-15)18-10-17(26)7-8-22-18/h3-6,15-18,22,26H,2,7-12H2,1H3,(H2,21,24). The third-order valence-electron chi connectivity index (χ3n) is 5.94. The van der Waals surface area contributed by atoms with Gasteiger partial charge < -0.3 is 20.7 Å². The summed E-state index contributed by atoms with van der Waals surface area (Å²) < 4.78 is 5.40. The number of nitrogens with one attached hydrogen (secondary N) is 1. The van der Waals surface area contributed by atoms with Gasteiger partial charge in [0.05, 0.1) is 18.2 Å². The molecule has 0 amide bonds. The van der Waals surface area contributed by atoms with Crippen LogP contribution < -0.4 is 11.1 Å². The Bertz CT molecular complexity index is 747. The summed E-state index contributed by atoms with van der Waals surface area (Å²) in [6.07, 6.45) is 3.51. The molecule has 0 aliphatic carbocycles. The van der Waals surface area contributed by atoms with Crippen LogP contribution in [0.5, 0.6) is 0 Å². The number of hydrogen-bond acceptors (Lipinski definition) is 7. The molecule has 4 unspecified atom stereocenters. The second-order valence-electron chi connectivity index (χ2n) is 7.82. The van der Waals surface area contributed by atoms with E-state index in [0.717, 1.165) is 45.3 Å². The smallest absolute Gasteiger partial charge is 0.260 e. The van der Waals surface area contributed by atoms with E-state index in [4.69, 9.17) is 10.3 Å². The number of nitrogens with zero attached hydrogens (tertiary/aromatic N) is 3. The average Bonchev–Trinajstić information content (AvgIpc) is 3.14. The van der Waals surface area contributed by atoms with Crippen molar-refractivity contribution in [3.8, 4) is 0 Å². The fourth-order valence-corrected chi connectivity index (χ4v) is 4.40. The highest BCUT2D eigenvalue weighted by molar-refractivity contribution is 5.27. The molecule has 4 rings (SSSR count). The molecule has 7 nitrogen and oxygen atoms in total. The van der Waals surface area contributed by atoms with E-state index < -0.39 is 0 Å². The largest absolute Gasteiger partial charge is 0.393 e. The lowest BCUT2D eigenvalue weighted by Crippen LogP contribution is -2.55. The van der Waals surface area contributed by atoms with Gasteiger partial charge in [-0.15, -0.1) is 0 Å². The van der Waals surface area contributed by atoms with Gasteiger partial charge in [-0.05, 0) is 48.0 Å². The van der Waals surface area contributed by atoms with Crippen LogP contribution in [0.2, 0.25) is 0 Å². The first kappa shape index (κ1) is 18.4. The molecule has 0 bridgehead atoms. The van der Waals surface area contributed by atoms with Crippen molar-refractivity contribution in [2.45, 2.75) is 56.7 Å². The van der Waals surface area contributed by atoms with Crippen molar-refractivity contribution in [3.63, 3.8) is 0 Å². The number of anilines is 1. The molecule has 2 saturated heterocycles. The fraction of sp³-hybridized carbons (Fsp3) is 0.600. The highest BCUT2D eigenvalue weighted by Crippen LogP contribution is 2.36. The number of hydrogen-bond donors (Lipinski definition) is 3. The molecule has 4 N–H and O–H groups in total. The zero-order valence-electron chi connectivity index (χ0n) is 15.8. The number of piperidine rings is 2. The van der Waals surface area contributed by atoms with Gasteiger partial charge in [0.15, 0.2) is 0 Å². The van der Waals surface area contributed by atoms with E-state index in [0.29, 0.717) is 11.8 Å². The normalized spacial score (nSPS) is 29.7. The van der Waals surface area contributed by atoms with Crippen molar-refractivity contribution in [2.75, 3.05) is 25.4 Å². The van der Waals surface area contributed by atoms with Crippen LogP contribution >= 0.6 is 0 Å². The second kappa shape index (κ2) is 7.96. The Morgan fingerprint density at radius 2 is 2.00 bits per heavy atom. The minimum absolute atomic E-state index is 0.139. The van der Waals surface area contributed by atoms with E-state index in [1.165, 1.54) is 11.1 Å². The van der Waals surface area contributed by atoms with Gasteiger partial charge in [-0.3, -0.25) is 4.90 Å². The summed E-state index contributed by atoms with van der Waals surface area (Å²) in [6.45, 7) is 4.80. The van der Waals surface area contributed by atoms with Gasteiger partial charge in [-0.2, -0.15) is 4.98 Å². The van der Waals surface area contributed by atoms with Crippen LogP contribution in [0.1, 0.15) is 55.0 Å². The third-order valence-corrected chi connectivity index (χ3v) is 5.94. The molecule has 0 spiro atoms. The molecule has 0 radical (unpaired) electrons. The van der Waals surface area contributed by atoms with Gasteiger partial charge in [0, 0.05) is 19.5 Å². The Balaban J connectivity index is 1.57. The van der Waals surface area contributed by atoms with Crippen LogP contribution in [0, 0.1) is 0 Å². The van der Waals surface area contributed by atoms with Crippen LogP contribution in [0.15, 0.2) is 28.8 Å². The van der Waals surface area contributed by atoms with Crippen LogP contribution in [0.25, 0.3) is 0 Å². The SMILES string of the molecule is CCc1ccc(C2CC(c3nc(N)no3)CN(C3CC(O)CCN3)C2)cc1. The molecule has 7 heteroatoms. The van der Waals surface area contributed by atoms with Crippen molar-refractivity contribution >= 4 is 5.95 Å². The topological polar surface area (TPSA) is 100 Å². The number of aromatic nitrogens is 2. The van der Waals surface area contributed by atoms with Gasteiger partial charge in [0.2, 0.25) is 5.89 Å². The number of aliphatic hydroxyl groups excluding tert-OH is 1. The lowest BCUT2D eigenvalue weighted by Gasteiger charge is -2.43. The summed E-state index contributed by atoms with van der Waals surface area (Å²) in [7, 11) is 0. The number of aryl methyl sites for hydroxylation is 1. The summed E-state index contributed by atoms with van der Waals surface area (Å²) in [5.74, 6) is 1.32. The summed E-state index contributed by atoms with van der Waals surface area (Å²) in [5.41, 5.74) is 8.37. The van der Waals surface area contributed by atoms with Gasteiger partial charge >= 0.3 is 0 Å². The van der Waals surface area contributed by atoms with E-state index in [2.05, 4.69) is 51.5 Å². The predicted octanol–water partition coefficient (Wildman–Crippen LogP) is 1.86. The minimum atomic E-state index is -0.238. The molecule has 27 heavy (non-hydrogen) atoms. The third kappa shape index (κ3) is 4.15. The Kier molecular flexibility index (Phi) is 5.43. The lowest BCUT2D eigenvalue weighted by atomic mass is 9.83. The lowest BCUT2D eigenvalue weighted by molar-refractivity contribution is 0.0307. The summed E-state index contributed by atoms with van der Waals surface area (Å²) in [5, 5.41) is 17.5. The van der Waals surface area contributed by atoms with E-state index >= 15 is 0 Å². The molecule has 2 aromatic rings. The van der Waals surface area contributed by atoms with Crippen LogP contribution in [0.3, 0.4) is 0 Å². The van der Waals surface area contributed by atoms with E-state index in [1.807, 2.05) is 0 Å². The maximum Gasteiger partial charge on any atom is 0.260 e. The predicted molar refractivity (Wildman–Crippen MR) is 103 cm³/mol. The summed E-state index contributed by atoms with van der Waals surface area (Å²) in [4.78, 5) is 6.71. The molecular weight excluding hydrogens is 342 g/mol. The second-order valence-corrected chi connectivity index (χ2v) is 7.82. The number of nitrogens with two attached hydrogens (primary N) is 1. The Hall–Kier alpha value is -1.96. The van der Waals surface area contributed by atoms with E-state index in [1.54, 1.807) is 0 Å². The van der Waals surface area contributed by atoms with Crippen molar-refractivity contribution in [1.29, 1.82) is 0 Å². The Morgan fingerprint density at radius 1 is 1.22 bits per heavy atom. The molecule has 146 valence electrons. The number of benzene rings is 1.